The van der Waals surface area contributed by atoms with Crippen LogP contribution in [0.15, 0.2) is 48.8 Å². The number of benzene rings is 1. The normalized spacial score (nSPS) is 21.6. The first kappa shape index (κ1) is 14.2. The lowest BCUT2D eigenvalue weighted by molar-refractivity contribution is 0.131. The van der Waals surface area contributed by atoms with Crippen LogP contribution in [0.25, 0.3) is 11.1 Å². The van der Waals surface area contributed by atoms with Gasteiger partial charge in [-0.1, -0.05) is 24.6 Å². The summed E-state index contributed by atoms with van der Waals surface area (Å²) in [5.41, 5.74) is 3.69. The first-order valence-electron chi connectivity index (χ1n) is 7.71. The van der Waals surface area contributed by atoms with Crippen molar-refractivity contribution in [1.29, 1.82) is 0 Å². The fourth-order valence-corrected chi connectivity index (χ4v) is 3.06. The van der Waals surface area contributed by atoms with Crippen LogP contribution in [-0.4, -0.2) is 22.7 Å². The lowest BCUT2D eigenvalue weighted by Gasteiger charge is -2.15. The van der Waals surface area contributed by atoms with Crippen LogP contribution in [0.2, 0.25) is 0 Å². The highest BCUT2D eigenvalue weighted by molar-refractivity contribution is 5.63. The molecule has 3 rings (SSSR count). The van der Waals surface area contributed by atoms with Gasteiger partial charge in [0.2, 0.25) is 0 Å². The number of rotatable bonds is 5. The van der Waals surface area contributed by atoms with Gasteiger partial charge in [-0.25, -0.2) is 0 Å². The summed E-state index contributed by atoms with van der Waals surface area (Å²) in [6, 6.07) is 12.6. The Balaban J connectivity index is 1.59. The number of hydrogen-bond acceptors (Lipinski definition) is 3. The molecule has 21 heavy (non-hydrogen) atoms. The molecule has 0 aliphatic heterocycles. The van der Waals surface area contributed by atoms with E-state index in [1.165, 1.54) is 16.7 Å². The third kappa shape index (κ3) is 3.69. The van der Waals surface area contributed by atoms with E-state index in [4.69, 9.17) is 0 Å². The fraction of sp³-hybridized carbons (Fsp3) is 0.389. The number of aromatic nitrogens is 1. The largest absolute Gasteiger partial charge is 0.393 e. The van der Waals surface area contributed by atoms with E-state index in [0.717, 1.165) is 32.4 Å². The van der Waals surface area contributed by atoms with Crippen molar-refractivity contribution in [2.24, 2.45) is 5.92 Å². The monoisotopic (exact) mass is 282 g/mol. The zero-order valence-electron chi connectivity index (χ0n) is 12.2. The molecule has 0 amide bonds. The number of hydrogen-bond donors (Lipinski definition) is 2. The van der Waals surface area contributed by atoms with Crippen molar-refractivity contribution >= 4 is 0 Å². The van der Waals surface area contributed by atoms with Crippen LogP contribution in [0.3, 0.4) is 0 Å². The summed E-state index contributed by atoms with van der Waals surface area (Å²) < 4.78 is 0. The zero-order valence-corrected chi connectivity index (χ0v) is 12.2. The minimum Gasteiger partial charge on any atom is -0.393 e. The number of nitrogens with one attached hydrogen (secondary N) is 1. The van der Waals surface area contributed by atoms with Crippen molar-refractivity contribution in [3.63, 3.8) is 0 Å². The molecule has 110 valence electrons. The Hall–Kier alpha value is -1.71. The van der Waals surface area contributed by atoms with Crippen LogP contribution in [0.5, 0.6) is 0 Å². The molecule has 1 aromatic heterocycles. The maximum absolute atomic E-state index is 9.83. The molecule has 2 aromatic rings. The quantitative estimate of drug-likeness (QED) is 0.886. The topological polar surface area (TPSA) is 45.1 Å². The fourth-order valence-electron chi connectivity index (χ4n) is 3.06. The molecule has 1 aromatic carbocycles. The SMILES string of the molecule is OC1CCCC1CNCc1cccc(-c2ccncc2)c1. The second kappa shape index (κ2) is 6.83. The number of pyridine rings is 1. The van der Waals surface area contributed by atoms with Crippen molar-refractivity contribution in [2.75, 3.05) is 6.54 Å². The smallest absolute Gasteiger partial charge is 0.0580 e. The summed E-state index contributed by atoms with van der Waals surface area (Å²) in [5, 5.41) is 13.3. The minimum atomic E-state index is -0.111. The number of aliphatic hydroxyl groups is 1. The molecule has 0 bridgehead atoms. The van der Waals surface area contributed by atoms with Crippen LogP contribution in [0.4, 0.5) is 0 Å². The molecule has 2 N–H and O–H groups in total. The molecule has 0 saturated heterocycles. The molecule has 0 spiro atoms. The van der Waals surface area contributed by atoms with E-state index < -0.39 is 0 Å². The predicted octanol–water partition coefficient (Wildman–Crippen LogP) is 3.00. The Morgan fingerprint density at radius 2 is 1.95 bits per heavy atom. The van der Waals surface area contributed by atoms with Crippen molar-refractivity contribution in [1.82, 2.24) is 10.3 Å². The Bertz CT molecular complexity index is 570. The second-order valence-electron chi connectivity index (χ2n) is 5.83. The van der Waals surface area contributed by atoms with Gasteiger partial charge in [0, 0.05) is 25.5 Å². The average molecular weight is 282 g/mol. The Morgan fingerprint density at radius 3 is 2.71 bits per heavy atom. The van der Waals surface area contributed by atoms with Crippen LogP contribution < -0.4 is 5.32 Å². The van der Waals surface area contributed by atoms with Gasteiger partial charge in [-0.15, -0.1) is 0 Å². The highest BCUT2D eigenvalue weighted by Gasteiger charge is 2.24. The van der Waals surface area contributed by atoms with Crippen LogP contribution in [0, 0.1) is 5.92 Å². The van der Waals surface area contributed by atoms with Crippen molar-refractivity contribution in [3.8, 4) is 11.1 Å². The zero-order chi connectivity index (χ0) is 14.5. The molecule has 1 saturated carbocycles. The molecule has 1 fully saturated rings. The van der Waals surface area contributed by atoms with Crippen molar-refractivity contribution in [3.05, 3.63) is 54.4 Å². The molecule has 2 unspecified atom stereocenters. The lowest BCUT2D eigenvalue weighted by Crippen LogP contribution is -2.27. The number of aliphatic hydroxyl groups excluding tert-OH is 1. The summed E-state index contributed by atoms with van der Waals surface area (Å²) in [6.07, 6.45) is 6.80. The molecule has 1 aliphatic rings. The van der Waals surface area contributed by atoms with Gasteiger partial charge in [-0.05, 0) is 53.6 Å². The summed E-state index contributed by atoms with van der Waals surface area (Å²) >= 11 is 0. The lowest BCUT2D eigenvalue weighted by atomic mass is 10.0. The molecule has 0 radical (unpaired) electrons. The van der Waals surface area contributed by atoms with Gasteiger partial charge >= 0.3 is 0 Å². The maximum Gasteiger partial charge on any atom is 0.0580 e. The van der Waals surface area contributed by atoms with Crippen molar-refractivity contribution in [2.45, 2.75) is 31.9 Å². The van der Waals surface area contributed by atoms with E-state index >= 15 is 0 Å². The van der Waals surface area contributed by atoms with E-state index in [2.05, 4.69) is 34.6 Å². The molecule has 2 atom stereocenters. The van der Waals surface area contributed by atoms with Crippen LogP contribution >= 0.6 is 0 Å². The summed E-state index contributed by atoms with van der Waals surface area (Å²) in [4.78, 5) is 4.06. The van der Waals surface area contributed by atoms with Crippen LogP contribution in [0.1, 0.15) is 24.8 Å². The Morgan fingerprint density at radius 1 is 1.10 bits per heavy atom. The molecule has 1 aliphatic carbocycles. The van der Waals surface area contributed by atoms with Gasteiger partial charge in [0.15, 0.2) is 0 Å². The molecule has 3 nitrogen and oxygen atoms in total. The van der Waals surface area contributed by atoms with Crippen molar-refractivity contribution < 1.29 is 5.11 Å². The summed E-state index contributed by atoms with van der Waals surface area (Å²) in [5.74, 6) is 0.424. The predicted molar refractivity (Wildman–Crippen MR) is 84.7 cm³/mol. The number of nitrogens with zero attached hydrogens (tertiary/aromatic N) is 1. The maximum atomic E-state index is 9.83. The minimum absolute atomic E-state index is 0.111. The third-order valence-electron chi connectivity index (χ3n) is 4.30. The first-order valence-corrected chi connectivity index (χ1v) is 7.71. The van der Waals surface area contributed by atoms with Gasteiger partial charge in [0.1, 0.15) is 0 Å². The van der Waals surface area contributed by atoms with Gasteiger partial charge in [0.25, 0.3) is 0 Å². The molecule has 3 heteroatoms. The van der Waals surface area contributed by atoms with E-state index in [0.29, 0.717) is 5.92 Å². The highest BCUT2D eigenvalue weighted by atomic mass is 16.3. The van der Waals surface area contributed by atoms with Crippen LogP contribution in [-0.2, 0) is 6.54 Å². The summed E-state index contributed by atoms with van der Waals surface area (Å²) in [7, 11) is 0. The van der Waals surface area contributed by atoms with Gasteiger partial charge in [-0.2, -0.15) is 0 Å². The van der Waals surface area contributed by atoms with Gasteiger partial charge < -0.3 is 10.4 Å². The molecule has 1 heterocycles. The van der Waals surface area contributed by atoms with Gasteiger partial charge in [-0.3, -0.25) is 4.98 Å². The second-order valence-corrected chi connectivity index (χ2v) is 5.83. The third-order valence-corrected chi connectivity index (χ3v) is 4.30. The van der Waals surface area contributed by atoms with Gasteiger partial charge in [0.05, 0.1) is 6.10 Å². The Labute approximate surface area is 126 Å². The average Bonchev–Trinajstić information content (AvgIpc) is 2.94. The molecular weight excluding hydrogens is 260 g/mol. The standard InChI is InChI=1S/C18H22N2O/c21-18-6-2-5-17(18)13-20-12-14-3-1-4-16(11-14)15-7-9-19-10-8-15/h1,3-4,7-11,17-18,20-21H,2,5-6,12-13H2. The van der Waals surface area contributed by atoms with E-state index in [1.807, 2.05) is 24.5 Å². The van der Waals surface area contributed by atoms with E-state index in [9.17, 15) is 5.11 Å². The highest BCUT2D eigenvalue weighted by Crippen LogP contribution is 2.25. The first-order chi connectivity index (χ1) is 10.3. The molecular formula is C18H22N2O. The van der Waals surface area contributed by atoms with E-state index in [-0.39, 0.29) is 6.10 Å². The summed E-state index contributed by atoms with van der Waals surface area (Å²) in [6.45, 7) is 1.75. The van der Waals surface area contributed by atoms with E-state index in [1.54, 1.807) is 0 Å². The Kier molecular flexibility index (Phi) is 4.63.